The third-order valence-corrected chi connectivity index (χ3v) is 4.84. The highest BCUT2D eigenvalue weighted by Gasteiger charge is 2.19. The highest BCUT2D eigenvalue weighted by atomic mass is 79.9. The summed E-state index contributed by atoms with van der Waals surface area (Å²) in [4.78, 5) is 12.3. The first-order valence-electron chi connectivity index (χ1n) is 8.18. The van der Waals surface area contributed by atoms with E-state index in [0.717, 1.165) is 11.3 Å². The van der Waals surface area contributed by atoms with Gasteiger partial charge in [0.2, 0.25) is 0 Å². The second-order valence-electron chi connectivity index (χ2n) is 6.59. The van der Waals surface area contributed by atoms with Gasteiger partial charge in [-0.2, -0.15) is 5.10 Å². The van der Waals surface area contributed by atoms with E-state index in [9.17, 15) is 4.79 Å². The summed E-state index contributed by atoms with van der Waals surface area (Å²) in [5.74, 6) is 0.511. The summed E-state index contributed by atoms with van der Waals surface area (Å²) in [6.07, 6.45) is 0. The molecule has 0 saturated carbocycles. The minimum Gasteiger partial charge on any atom is -0.349 e. The maximum Gasteiger partial charge on any atom is 0.273 e. The van der Waals surface area contributed by atoms with Crippen LogP contribution in [-0.4, -0.2) is 22.6 Å². The number of carbonyl (C=O) groups excluding carboxylic acids is 1. The van der Waals surface area contributed by atoms with Crippen molar-refractivity contribution in [3.8, 4) is 0 Å². The Kier molecular flexibility index (Phi) is 6.18. The molecule has 0 bridgehead atoms. The van der Waals surface area contributed by atoms with Gasteiger partial charge < -0.3 is 11.1 Å². The number of carbonyl (C=O) groups is 1. The molecule has 5 nitrogen and oxygen atoms in total. The Hall–Kier alpha value is -1.66. The number of H-pyrrole nitrogens is 1. The van der Waals surface area contributed by atoms with Gasteiger partial charge in [-0.3, -0.25) is 9.89 Å². The largest absolute Gasteiger partial charge is 0.349 e. The van der Waals surface area contributed by atoms with Crippen LogP contribution in [0, 0.1) is 0 Å². The van der Waals surface area contributed by atoms with E-state index in [4.69, 9.17) is 5.73 Å². The van der Waals surface area contributed by atoms with Crippen molar-refractivity contribution >= 4 is 21.8 Å². The standard InChI is InChI=1S/C18H25BrN4O/c1-10(2)12-5-7-13(8-6-12)14(20)9-21-18(24)17-15(19)16(11(3)4)22-23-17/h5-8,10-11,14H,9,20H2,1-4H3,(H,21,24)(H,22,23). The van der Waals surface area contributed by atoms with Crippen LogP contribution in [0.1, 0.15) is 72.9 Å². The van der Waals surface area contributed by atoms with E-state index >= 15 is 0 Å². The van der Waals surface area contributed by atoms with Crippen molar-refractivity contribution in [3.63, 3.8) is 0 Å². The Labute approximate surface area is 151 Å². The maximum absolute atomic E-state index is 12.3. The smallest absolute Gasteiger partial charge is 0.273 e. The van der Waals surface area contributed by atoms with Crippen molar-refractivity contribution < 1.29 is 4.79 Å². The molecule has 0 aliphatic heterocycles. The number of aromatic amines is 1. The number of benzene rings is 1. The van der Waals surface area contributed by atoms with Gasteiger partial charge in [0.05, 0.1) is 10.2 Å². The Morgan fingerprint density at radius 3 is 2.25 bits per heavy atom. The molecular formula is C18H25BrN4O. The van der Waals surface area contributed by atoms with Gasteiger partial charge in [0.15, 0.2) is 5.69 Å². The van der Waals surface area contributed by atoms with Gasteiger partial charge in [-0.05, 0) is 38.9 Å². The molecule has 0 aliphatic rings. The molecule has 1 aromatic carbocycles. The zero-order chi connectivity index (χ0) is 17.9. The van der Waals surface area contributed by atoms with Gasteiger partial charge in [-0.1, -0.05) is 52.0 Å². The lowest BCUT2D eigenvalue weighted by Crippen LogP contribution is -2.32. The fraction of sp³-hybridized carbons (Fsp3) is 0.444. The summed E-state index contributed by atoms with van der Waals surface area (Å²) >= 11 is 3.44. The van der Waals surface area contributed by atoms with Gasteiger partial charge in [-0.15, -0.1) is 0 Å². The van der Waals surface area contributed by atoms with Crippen LogP contribution in [-0.2, 0) is 0 Å². The van der Waals surface area contributed by atoms with E-state index in [0.29, 0.717) is 22.6 Å². The monoisotopic (exact) mass is 392 g/mol. The summed E-state index contributed by atoms with van der Waals surface area (Å²) in [6.45, 7) is 8.74. The summed E-state index contributed by atoms with van der Waals surface area (Å²) in [5, 5.41) is 9.85. The van der Waals surface area contributed by atoms with Crippen LogP contribution < -0.4 is 11.1 Å². The molecule has 1 atom stereocenters. The predicted molar refractivity (Wildman–Crippen MR) is 100 cm³/mol. The Balaban J connectivity index is 1.98. The average molecular weight is 393 g/mol. The first-order chi connectivity index (χ1) is 11.3. The number of hydrogen-bond donors (Lipinski definition) is 3. The second-order valence-corrected chi connectivity index (χ2v) is 7.39. The first kappa shape index (κ1) is 18.7. The van der Waals surface area contributed by atoms with Crippen LogP contribution in [0.25, 0.3) is 0 Å². The molecule has 4 N–H and O–H groups in total. The number of amides is 1. The number of rotatable bonds is 6. The minimum absolute atomic E-state index is 0.237. The summed E-state index contributed by atoms with van der Waals surface area (Å²) < 4.78 is 0.713. The van der Waals surface area contributed by atoms with Gasteiger partial charge in [0, 0.05) is 12.6 Å². The van der Waals surface area contributed by atoms with Gasteiger partial charge in [0.1, 0.15) is 0 Å². The zero-order valence-corrected chi connectivity index (χ0v) is 16.1. The molecule has 24 heavy (non-hydrogen) atoms. The van der Waals surface area contributed by atoms with E-state index in [1.807, 2.05) is 26.0 Å². The molecule has 130 valence electrons. The van der Waals surface area contributed by atoms with E-state index in [2.05, 4.69) is 57.4 Å². The molecule has 1 unspecified atom stereocenters. The molecule has 0 saturated heterocycles. The fourth-order valence-corrected chi connectivity index (χ4v) is 3.22. The van der Waals surface area contributed by atoms with Crippen molar-refractivity contribution in [1.82, 2.24) is 15.5 Å². The predicted octanol–water partition coefficient (Wildman–Crippen LogP) is 3.85. The summed E-state index contributed by atoms with van der Waals surface area (Å²) in [5.41, 5.74) is 9.74. The lowest BCUT2D eigenvalue weighted by molar-refractivity contribution is 0.0945. The van der Waals surface area contributed by atoms with Crippen LogP contribution in [0.5, 0.6) is 0 Å². The molecular weight excluding hydrogens is 368 g/mol. The van der Waals surface area contributed by atoms with Crippen LogP contribution in [0.3, 0.4) is 0 Å². The molecule has 1 heterocycles. The van der Waals surface area contributed by atoms with Crippen molar-refractivity contribution in [2.75, 3.05) is 6.54 Å². The highest BCUT2D eigenvalue weighted by molar-refractivity contribution is 9.10. The Morgan fingerprint density at radius 2 is 1.75 bits per heavy atom. The first-order valence-corrected chi connectivity index (χ1v) is 8.98. The van der Waals surface area contributed by atoms with E-state index in [1.54, 1.807) is 0 Å². The molecule has 0 aliphatic carbocycles. The maximum atomic E-state index is 12.3. The highest BCUT2D eigenvalue weighted by Crippen LogP contribution is 2.25. The second kappa shape index (κ2) is 7.94. The number of aromatic nitrogens is 2. The SMILES string of the molecule is CC(C)c1ccc(C(N)CNC(=O)c2n[nH]c(C(C)C)c2Br)cc1. The summed E-state index contributed by atoms with van der Waals surface area (Å²) in [6, 6.07) is 7.96. The zero-order valence-electron chi connectivity index (χ0n) is 14.6. The van der Waals surface area contributed by atoms with Crippen molar-refractivity contribution in [2.24, 2.45) is 5.73 Å². The van der Waals surface area contributed by atoms with Crippen LogP contribution in [0.2, 0.25) is 0 Å². The number of hydrogen-bond acceptors (Lipinski definition) is 3. The van der Waals surface area contributed by atoms with Crippen LogP contribution >= 0.6 is 15.9 Å². The third kappa shape index (κ3) is 4.24. The van der Waals surface area contributed by atoms with Gasteiger partial charge in [0.25, 0.3) is 5.91 Å². The Bertz CT molecular complexity index is 692. The van der Waals surface area contributed by atoms with E-state index < -0.39 is 0 Å². The lowest BCUT2D eigenvalue weighted by atomic mass is 9.99. The topological polar surface area (TPSA) is 83.8 Å². The van der Waals surface area contributed by atoms with Crippen molar-refractivity contribution in [1.29, 1.82) is 0 Å². The molecule has 0 spiro atoms. The molecule has 6 heteroatoms. The molecule has 1 amide bonds. The number of halogens is 1. The number of nitrogens with two attached hydrogens (primary N) is 1. The average Bonchev–Trinajstić information content (AvgIpc) is 2.94. The van der Waals surface area contributed by atoms with Crippen LogP contribution in [0.4, 0.5) is 0 Å². The molecule has 2 rings (SSSR count). The van der Waals surface area contributed by atoms with Crippen molar-refractivity contribution in [3.05, 3.63) is 51.3 Å². The molecule has 1 aromatic heterocycles. The fourth-order valence-electron chi connectivity index (χ4n) is 2.41. The van der Waals surface area contributed by atoms with Crippen LogP contribution in [0.15, 0.2) is 28.7 Å². The molecule has 2 aromatic rings. The van der Waals surface area contributed by atoms with E-state index in [1.165, 1.54) is 5.56 Å². The van der Waals surface area contributed by atoms with Gasteiger partial charge >= 0.3 is 0 Å². The number of nitrogens with zero attached hydrogens (tertiary/aromatic N) is 1. The summed E-state index contributed by atoms with van der Waals surface area (Å²) in [7, 11) is 0. The Morgan fingerprint density at radius 1 is 1.17 bits per heavy atom. The molecule has 0 radical (unpaired) electrons. The number of nitrogens with one attached hydrogen (secondary N) is 2. The van der Waals surface area contributed by atoms with Gasteiger partial charge in [-0.25, -0.2) is 0 Å². The molecule has 0 fully saturated rings. The van der Waals surface area contributed by atoms with Crippen molar-refractivity contribution in [2.45, 2.75) is 45.6 Å². The third-order valence-electron chi connectivity index (χ3n) is 4.04. The lowest BCUT2D eigenvalue weighted by Gasteiger charge is -2.14. The normalized spacial score (nSPS) is 12.7. The minimum atomic E-state index is -0.252. The quantitative estimate of drug-likeness (QED) is 0.697. The van der Waals surface area contributed by atoms with E-state index in [-0.39, 0.29) is 17.9 Å².